The van der Waals surface area contributed by atoms with Gasteiger partial charge in [0.05, 0.1) is 0 Å². The van der Waals surface area contributed by atoms with Crippen molar-refractivity contribution in [3.63, 3.8) is 0 Å². The van der Waals surface area contributed by atoms with E-state index >= 15 is 0 Å². The summed E-state index contributed by atoms with van der Waals surface area (Å²) in [6.45, 7) is 0. The van der Waals surface area contributed by atoms with E-state index in [1.807, 2.05) is 0 Å². The van der Waals surface area contributed by atoms with Gasteiger partial charge in [-0.1, -0.05) is 0 Å². The molecule has 0 nitrogen and oxygen atoms in total. The van der Waals surface area contributed by atoms with Gasteiger partial charge in [-0.05, 0) is 0 Å². The SMILES string of the molecule is Cl.Cl.[Ag+].[Cl-]. The van der Waals surface area contributed by atoms with Gasteiger partial charge in [-0.2, -0.15) is 0 Å². The number of hydrogen-bond acceptors (Lipinski definition) is 0. The van der Waals surface area contributed by atoms with E-state index in [4.69, 9.17) is 0 Å². The Morgan fingerprint density at radius 2 is 0.750 bits per heavy atom. The summed E-state index contributed by atoms with van der Waals surface area (Å²) in [5.41, 5.74) is 0. The third-order valence-corrected chi connectivity index (χ3v) is 0. The van der Waals surface area contributed by atoms with Crippen LogP contribution >= 0.6 is 24.8 Å². The first-order valence-electron chi connectivity index (χ1n) is 0. The van der Waals surface area contributed by atoms with Crippen LogP contribution in [0.15, 0.2) is 0 Å². The minimum Gasteiger partial charge on any atom is -1.00 e. The van der Waals surface area contributed by atoms with Crippen molar-refractivity contribution in [2.24, 2.45) is 0 Å². The molecule has 0 heterocycles. The number of rotatable bonds is 0. The summed E-state index contributed by atoms with van der Waals surface area (Å²) in [5.74, 6) is 0. The Bertz CT molecular complexity index is 3.25. The van der Waals surface area contributed by atoms with E-state index in [-0.39, 0.29) is 59.6 Å². The Hall–Kier alpha value is 1.61. The zero-order chi connectivity index (χ0) is 0. The molecule has 4 heteroatoms. The third kappa shape index (κ3) is 9.49. The summed E-state index contributed by atoms with van der Waals surface area (Å²) in [4.78, 5) is 0. The molecule has 0 atom stereocenters. The summed E-state index contributed by atoms with van der Waals surface area (Å²) >= 11 is 0. The maximum Gasteiger partial charge on any atom is 1.00 e. The molecule has 0 fully saturated rings. The van der Waals surface area contributed by atoms with E-state index < -0.39 is 0 Å². The first-order valence-corrected chi connectivity index (χ1v) is 0. The standard InChI is InChI=1S/Ag.3ClH/h;3*1H/q+1;;;/p-1. The average molecular weight is 216 g/mol. The topological polar surface area (TPSA) is 0 Å². The van der Waals surface area contributed by atoms with Crippen LogP contribution in [-0.2, 0) is 22.4 Å². The van der Waals surface area contributed by atoms with Crippen LogP contribution < -0.4 is 12.4 Å². The van der Waals surface area contributed by atoms with Crippen LogP contribution in [0.5, 0.6) is 0 Å². The molecule has 0 saturated carbocycles. The van der Waals surface area contributed by atoms with E-state index in [2.05, 4.69) is 0 Å². The fourth-order valence-corrected chi connectivity index (χ4v) is 0. The smallest absolute Gasteiger partial charge is 1.00 e. The minimum atomic E-state index is 0. The fourth-order valence-electron chi connectivity index (χ4n) is 0. The third-order valence-electron chi connectivity index (χ3n) is 0. The van der Waals surface area contributed by atoms with E-state index in [1.54, 1.807) is 0 Å². The predicted octanol–water partition coefficient (Wildman–Crippen LogP) is -2.15. The molecule has 0 saturated heterocycles. The summed E-state index contributed by atoms with van der Waals surface area (Å²) < 4.78 is 0. The molecule has 0 unspecified atom stereocenters. The average Bonchev–Trinajstić information content (AvgIpc) is 0. The van der Waals surface area contributed by atoms with E-state index in [0.717, 1.165) is 0 Å². The molecule has 4 heavy (non-hydrogen) atoms. The zero-order valence-electron chi connectivity index (χ0n) is 1.50. The summed E-state index contributed by atoms with van der Waals surface area (Å²) in [5, 5.41) is 0. The van der Waals surface area contributed by atoms with Crippen molar-refractivity contribution in [1.82, 2.24) is 0 Å². The number of hydrogen-bond donors (Lipinski definition) is 0. The molecule has 34 valence electrons. The van der Waals surface area contributed by atoms with Crippen molar-refractivity contribution in [2.75, 3.05) is 0 Å². The first-order chi connectivity index (χ1) is 0. The molecule has 0 spiro atoms. The largest absolute Gasteiger partial charge is 1.00 e. The second kappa shape index (κ2) is 23.2. The van der Waals surface area contributed by atoms with Crippen molar-refractivity contribution >= 4 is 24.8 Å². The van der Waals surface area contributed by atoms with Gasteiger partial charge in [-0.25, -0.2) is 0 Å². The summed E-state index contributed by atoms with van der Waals surface area (Å²) in [6.07, 6.45) is 0. The van der Waals surface area contributed by atoms with E-state index in [0.29, 0.717) is 0 Å². The van der Waals surface area contributed by atoms with Crippen molar-refractivity contribution < 1.29 is 34.8 Å². The van der Waals surface area contributed by atoms with Crippen LogP contribution in [0.1, 0.15) is 0 Å². The van der Waals surface area contributed by atoms with Crippen LogP contribution in [0.25, 0.3) is 0 Å². The maximum absolute atomic E-state index is 0. The Labute approximate surface area is 59.5 Å². The van der Waals surface area contributed by atoms with Crippen molar-refractivity contribution in [3.8, 4) is 0 Å². The van der Waals surface area contributed by atoms with Gasteiger partial charge in [-0.3, -0.25) is 0 Å². The molecular formula is H2AgCl3. The Kier molecular flexibility index (Phi) is 266. The van der Waals surface area contributed by atoms with E-state index in [1.165, 1.54) is 0 Å². The normalized spacial score (nSPS) is 0. The minimum absolute atomic E-state index is 0. The molecule has 0 aliphatic carbocycles. The van der Waals surface area contributed by atoms with Gasteiger partial charge >= 0.3 is 22.4 Å². The molecule has 0 aliphatic rings. The Morgan fingerprint density at radius 3 is 0.750 bits per heavy atom. The van der Waals surface area contributed by atoms with Gasteiger partial charge in [0.15, 0.2) is 0 Å². The maximum atomic E-state index is 0. The van der Waals surface area contributed by atoms with Crippen LogP contribution in [0.2, 0.25) is 0 Å². The molecule has 0 radical (unpaired) electrons. The first kappa shape index (κ1) is 46.0. The molecule has 0 amide bonds. The zero-order valence-corrected chi connectivity index (χ0v) is 5.37. The quantitative estimate of drug-likeness (QED) is 0.405. The molecule has 0 rings (SSSR count). The van der Waals surface area contributed by atoms with Crippen LogP contribution in [-0.4, -0.2) is 0 Å². The second-order valence-electron chi connectivity index (χ2n) is 0. The molecule has 0 aromatic heterocycles. The molecule has 0 aromatic rings. The van der Waals surface area contributed by atoms with Crippen LogP contribution in [0.3, 0.4) is 0 Å². The Balaban J connectivity index is 0. The van der Waals surface area contributed by atoms with Gasteiger partial charge in [0.2, 0.25) is 0 Å². The van der Waals surface area contributed by atoms with Gasteiger partial charge in [-0.15, -0.1) is 24.8 Å². The van der Waals surface area contributed by atoms with Crippen LogP contribution in [0.4, 0.5) is 0 Å². The second-order valence-corrected chi connectivity index (χ2v) is 0. The van der Waals surface area contributed by atoms with E-state index in [9.17, 15) is 0 Å². The molecular weight excluding hydrogens is 214 g/mol. The monoisotopic (exact) mass is 214 g/mol. The summed E-state index contributed by atoms with van der Waals surface area (Å²) in [6, 6.07) is 0. The number of halogens is 3. The molecule has 0 aliphatic heterocycles. The summed E-state index contributed by atoms with van der Waals surface area (Å²) in [7, 11) is 0. The van der Waals surface area contributed by atoms with Crippen molar-refractivity contribution in [1.29, 1.82) is 0 Å². The Morgan fingerprint density at radius 1 is 0.750 bits per heavy atom. The predicted molar refractivity (Wildman–Crippen MR) is 14.5 cm³/mol. The van der Waals surface area contributed by atoms with Gasteiger partial charge < -0.3 is 12.4 Å². The molecule has 0 bridgehead atoms. The van der Waals surface area contributed by atoms with Gasteiger partial charge in [0.25, 0.3) is 0 Å². The van der Waals surface area contributed by atoms with Crippen molar-refractivity contribution in [3.05, 3.63) is 0 Å². The van der Waals surface area contributed by atoms with Crippen LogP contribution in [0, 0.1) is 0 Å². The molecule has 0 aromatic carbocycles. The van der Waals surface area contributed by atoms with Gasteiger partial charge in [0, 0.05) is 0 Å². The fraction of sp³-hybridized carbons (Fsp3) is 0. The molecule has 0 N–H and O–H groups in total. The van der Waals surface area contributed by atoms with Gasteiger partial charge in [0.1, 0.15) is 0 Å². The van der Waals surface area contributed by atoms with Crippen molar-refractivity contribution in [2.45, 2.75) is 0 Å².